The van der Waals surface area contributed by atoms with Crippen molar-refractivity contribution in [2.45, 2.75) is 31.7 Å². The van der Waals surface area contributed by atoms with Crippen molar-refractivity contribution in [3.05, 3.63) is 35.9 Å². The van der Waals surface area contributed by atoms with Crippen molar-refractivity contribution < 1.29 is 14.3 Å². The Kier molecular flexibility index (Phi) is 4.98. The average Bonchev–Trinajstić information content (AvgIpc) is 3.16. The molecule has 0 aliphatic carbocycles. The van der Waals surface area contributed by atoms with E-state index in [4.69, 9.17) is 9.47 Å². The topological polar surface area (TPSA) is 80.3 Å². The van der Waals surface area contributed by atoms with E-state index in [0.29, 0.717) is 17.9 Å². The first-order chi connectivity index (χ1) is 11.7. The average molecular weight is 330 g/mol. The highest BCUT2D eigenvalue weighted by atomic mass is 16.5. The molecule has 24 heavy (non-hydrogen) atoms. The molecule has 1 fully saturated rings. The maximum atomic E-state index is 12.8. The van der Waals surface area contributed by atoms with Crippen LogP contribution in [0.4, 0.5) is 0 Å². The molecule has 1 aromatic heterocycles. The molecule has 7 heteroatoms. The normalized spacial score (nSPS) is 17.6. The lowest BCUT2D eigenvalue weighted by Gasteiger charge is -2.34. The zero-order valence-corrected chi connectivity index (χ0v) is 14.0. The fourth-order valence-electron chi connectivity index (χ4n) is 3.16. The Morgan fingerprint density at radius 2 is 2.12 bits per heavy atom. The Morgan fingerprint density at radius 1 is 1.29 bits per heavy atom. The number of hydrogen-bond donors (Lipinski definition) is 1. The number of carbonyl (C=O) groups excluding carboxylic acids is 1. The summed E-state index contributed by atoms with van der Waals surface area (Å²) < 4.78 is 10.5. The van der Waals surface area contributed by atoms with Gasteiger partial charge in [0.2, 0.25) is 5.91 Å². The van der Waals surface area contributed by atoms with E-state index >= 15 is 0 Å². The number of amides is 1. The lowest BCUT2D eigenvalue weighted by Crippen LogP contribution is -2.39. The third-order valence-electron chi connectivity index (χ3n) is 4.38. The smallest absolute Gasteiger partial charge is 0.227 e. The molecule has 0 spiro atoms. The van der Waals surface area contributed by atoms with Crippen LogP contribution in [0.15, 0.2) is 24.5 Å². The highest BCUT2D eigenvalue weighted by Crippen LogP contribution is 2.31. The van der Waals surface area contributed by atoms with Crippen LogP contribution in [-0.2, 0) is 11.2 Å². The van der Waals surface area contributed by atoms with Crippen LogP contribution in [-0.4, -0.2) is 46.8 Å². The molecule has 7 nitrogen and oxygen atoms in total. The van der Waals surface area contributed by atoms with Gasteiger partial charge in [-0.2, -0.15) is 5.10 Å². The number of carbonyl (C=O) groups is 1. The third kappa shape index (κ3) is 3.34. The monoisotopic (exact) mass is 330 g/mol. The van der Waals surface area contributed by atoms with Gasteiger partial charge in [0.25, 0.3) is 0 Å². The lowest BCUT2D eigenvalue weighted by atomic mass is 10.00. The first-order valence-corrected chi connectivity index (χ1v) is 8.08. The second-order valence-electron chi connectivity index (χ2n) is 5.84. The van der Waals surface area contributed by atoms with Gasteiger partial charge in [-0.1, -0.05) is 6.07 Å². The van der Waals surface area contributed by atoms with Crippen molar-refractivity contribution in [2.24, 2.45) is 0 Å². The second kappa shape index (κ2) is 7.33. The number of rotatable bonds is 5. The van der Waals surface area contributed by atoms with Gasteiger partial charge in [0.05, 0.1) is 26.7 Å². The number of hydrogen-bond acceptors (Lipinski definition) is 5. The van der Waals surface area contributed by atoms with Crippen LogP contribution < -0.4 is 9.47 Å². The molecule has 1 N–H and O–H groups in total. The summed E-state index contributed by atoms with van der Waals surface area (Å²) in [7, 11) is 3.19. The summed E-state index contributed by atoms with van der Waals surface area (Å²) in [6.07, 6.45) is 4.83. The summed E-state index contributed by atoms with van der Waals surface area (Å²) in [5.74, 6) is 2.14. The van der Waals surface area contributed by atoms with E-state index in [1.165, 1.54) is 6.33 Å². The molecule has 1 aromatic carbocycles. The summed E-state index contributed by atoms with van der Waals surface area (Å²) in [5.41, 5.74) is 0.902. The Morgan fingerprint density at radius 3 is 2.83 bits per heavy atom. The molecule has 0 saturated carbocycles. The number of aromatic amines is 1. The van der Waals surface area contributed by atoms with Crippen LogP contribution in [0, 0.1) is 0 Å². The van der Waals surface area contributed by atoms with Gasteiger partial charge in [0.15, 0.2) is 11.5 Å². The van der Waals surface area contributed by atoms with Crippen molar-refractivity contribution in [3.8, 4) is 11.5 Å². The van der Waals surface area contributed by atoms with E-state index in [-0.39, 0.29) is 11.9 Å². The van der Waals surface area contributed by atoms with Crippen LogP contribution in [0.1, 0.15) is 36.7 Å². The van der Waals surface area contributed by atoms with Crippen LogP contribution >= 0.6 is 0 Å². The molecule has 1 aliphatic rings. The van der Waals surface area contributed by atoms with E-state index in [1.807, 2.05) is 23.1 Å². The Labute approximate surface area is 141 Å². The molecular weight excluding hydrogens is 308 g/mol. The molecular formula is C17H22N4O3. The highest BCUT2D eigenvalue weighted by Gasteiger charge is 2.29. The largest absolute Gasteiger partial charge is 0.493 e. The highest BCUT2D eigenvalue weighted by molar-refractivity contribution is 5.79. The first kappa shape index (κ1) is 16.3. The standard InChI is InChI=1S/C17H22N4O3/c1-23-14-7-6-12(9-15(14)24-2)10-16(22)21-8-4-3-5-13(21)17-18-11-19-20-17/h6-7,9,11,13H,3-5,8,10H2,1-2H3,(H,18,19,20)/t13-/m1/s1. The molecule has 128 valence electrons. The van der Waals surface area contributed by atoms with Gasteiger partial charge in [0, 0.05) is 6.54 Å². The van der Waals surface area contributed by atoms with Crippen molar-refractivity contribution in [1.29, 1.82) is 0 Å². The minimum atomic E-state index is -0.0195. The molecule has 0 radical (unpaired) electrons. The third-order valence-corrected chi connectivity index (χ3v) is 4.38. The molecule has 2 heterocycles. The lowest BCUT2D eigenvalue weighted by molar-refractivity contribution is -0.134. The Balaban J connectivity index is 1.75. The number of H-pyrrole nitrogens is 1. The zero-order chi connectivity index (χ0) is 16.9. The summed E-state index contributed by atoms with van der Waals surface area (Å²) in [6.45, 7) is 0.748. The SMILES string of the molecule is COc1ccc(CC(=O)N2CCCC[C@@H]2c2ncn[nH]2)cc1OC. The predicted molar refractivity (Wildman–Crippen MR) is 87.9 cm³/mol. The van der Waals surface area contributed by atoms with Gasteiger partial charge in [0.1, 0.15) is 12.2 Å². The van der Waals surface area contributed by atoms with Crippen molar-refractivity contribution >= 4 is 5.91 Å². The molecule has 0 bridgehead atoms. The van der Waals surface area contributed by atoms with Gasteiger partial charge in [-0.05, 0) is 37.0 Å². The Bertz CT molecular complexity index is 687. The molecule has 1 amide bonds. The molecule has 1 saturated heterocycles. The van der Waals surface area contributed by atoms with E-state index in [1.54, 1.807) is 14.2 Å². The quantitative estimate of drug-likeness (QED) is 0.908. The fourth-order valence-corrected chi connectivity index (χ4v) is 3.16. The number of benzene rings is 1. The van der Waals surface area contributed by atoms with Gasteiger partial charge < -0.3 is 14.4 Å². The summed E-state index contributed by atoms with van der Waals surface area (Å²) >= 11 is 0. The minimum absolute atomic E-state index is 0.0195. The van der Waals surface area contributed by atoms with Crippen LogP contribution in [0.3, 0.4) is 0 Å². The molecule has 2 aromatic rings. The number of nitrogens with one attached hydrogen (secondary N) is 1. The predicted octanol–water partition coefficient (Wildman–Crippen LogP) is 2.12. The summed E-state index contributed by atoms with van der Waals surface area (Å²) in [6, 6.07) is 5.55. The van der Waals surface area contributed by atoms with Gasteiger partial charge in [-0.25, -0.2) is 4.98 Å². The molecule has 1 atom stereocenters. The number of likely N-dealkylation sites (tertiary alicyclic amines) is 1. The zero-order valence-electron chi connectivity index (χ0n) is 14.0. The van der Waals surface area contributed by atoms with Crippen molar-refractivity contribution in [3.63, 3.8) is 0 Å². The van der Waals surface area contributed by atoms with E-state index in [0.717, 1.165) is 37.2 Å². The number of nitrogens with zero attached hydrogens (tertiary/aromatic N) is 3. The number of ether oxygens (including phenoxy) is 2. The van der Waals surface area contributed by atoms with Crippen LogP contribution in [0.2, 0.25) is 0 Å². The van der Waals surface area contributed by atoms with E-state index < -0.39 is 0 Å². The van der Waals surface area contributed by atoms with Gasteiger partial charge >= 0.3 is 0 Å². The number of piperidine rings is 1. The van der Waals surface area contributed by atoms with Gasteiger partial charge in [-0.3, -0.25) is 9.89 Å². The van der Waals surface area contributed by atoms with E-state index in [9.17, 15) is 4.79 Å². The van der Waals surface area contributed by atoms with Crippen molar-refractivity contribution in [1.82, 2.24) is 20.1 Å². The second-order valence-corrected chi connectivity index (χ2v) is 5.84. The first-order valence-electron chi connectivity index (χ1n) is 8.08. The maximum Gasteiger partial charge on any atom is 0.227 e. The minimum Gasteiger partial charge on any atom is -0.493 e. The number of aromatic nitrogens is 3. The van der Waals surface area contributed by atoms with E-state index in [2.05, 4.69) is 15.2 Å². The summed E-state index contributed by atoms with van der Waals surface area (Å²) in [4.78, 5) is 19.0. The molecule has 0 unspecified atom stereocenters. The molecule has 3 rings (SSSR count). The maximum absolute atomic E-state index is 12.8. The number of methoxy groups -OCH3 is 2. The fraction of sp³-hybridized carbons (Fsp3) is 0.471. The van der Waals surface area contributed by atoms with Crippen LogP contribution in [0.25, 0.3) is 0 Å². The summed E-state index contributed by atoms with van der Waals surface area (Å²) in [5, 5.41) is 6.81. The van der Waals surface area contributed by atoms with Gasteiger partial charge in [-0.15, -0.1) is 0 Å². The molecule has 1 aliphatic heterocycles. The Hall–Kier alpha value is -2.57. The van der Waals surface area contributed by atoms with Crippen molar-refractivity contribution in [2.75, 3.05) is 20.8 Å². The van der Waals surface area contributed by atoms with Crippen LogP contribution in [0.5, 0.6) is 11.5 Å².